The number of carbonyl (C=O) groups excluding carboxylic acids is 1. The summed E-state index contributed by atoms with van der Waals surface area (Å²) in [7, 11) is 0. The third-order valence-electron chi connectivity index (χ3n) is 10.9. The van der Waals surface area contributed by atoms with Crippen molar-refractivity contribution in [3.05, 3.63) is 24.3 Å². The Bertz CT molecular complexity index is 910. The molecule has 9 heteroatoms. The Morgan fingerprint density at radius 3 is 1.54 bits per heavy atom. The summed E-state index contributed by atoms with van der Waals surface area (Å²) in [5, 5.41) is 40.0. The lowest BCUT2D eigenvalue weighted by Crippen LogP contribution is -2.59. The number of esters is 1. The van der Waals surface area contributed by atoms with E-state index in [1.807, 2.05) is 0 Å². The zero-order valence-electron chi connectivity index (χ0n) is 36.1. The minimum atomic E-state index is -1.53. The summed E-state index contributed by atoms with van der Waals surface area (Å²) < 4.78 is 22.7. The van der Waals surface area contributed by atoms with Crippen LogP contribution in [0.4, 0.5) is 0 Å². The van der Waals surface area contributed by atoms with E-state index in [4.69, 9.17) is 18.9 Å². The van der Waals surface area contributed by atoms with E-state index in [-0.39, 0.29) is 19.2 Å². The maximum absolute atomic E-state index is 12.7. The molecule has 1 fully saturated rings. The first-order valence-electron chi connectivity index (χ1n) is 23.4. The molecule has 0 spiro atoms. The molecule has 0 aromatic heterocycles. The van der Waals surface area contributed by atoms with Crippen molar-refractivity contribution in [3.8, 4) is 0 Å². The molecule has 56 heavy (non-hydrogen) atoms. The average molecular weight is 797 g/mol. The van der Waals surface area contributed by atoms with Gasteiger partial charge in [0.05, 0.1) is 19.8 Å². The van der Waals surface area contributed by atoms with Crippen LogP contribution in [0.15, 0.2) is 24.3 Å². The molecule has 0 amide bonds. The van der Waals surface area contributed by atoms with E-state index < -0.39 is 43.4 Å². The van der Waals surface area contributed by atoms with Crippen molar-refractivity contribution in [2.45, 2.75) is 243 Å². The van der Waals surface area contributed by atoms with Crippen LogP contribution in [0.2, 0.25) is 0 Å². The van der Waals surface area contributed by atoms with Crippen LogP contribution in [-0.4, -0.2) is 89.6 Å². The van der Waals surface area contributed by atoms with Gasteiger partial charge in [0.25, 0.3) is 0 Å². The highest BCUT2D eigenvalue weighted by atomic mass is 16.7. The Morgan fingerprint density at radius 1 is 0.571 bits per heavy atom. The van der Waals surface area contributed by atoms with Gasteiger partial charge >= 0.3 is 5.97 Å². The van der Waals surface area contributed by atoms with Gasteiger partial charge in [-0.3, -0.25) is 4.79 Å². The zero-order chi connectivity index (χ0) is 40.7. The molecule has 0 bridgehead atoms. The number of unbranched alkanes of at least 4 members (excludes halogenated alkanes) is 25. The summed E-state index contributed by atoms with van der Waals surface area (Å²) in [6, 6.07) is 0. The van der Waals surface area contributed by atoms with Crippen LogP contribution in [0.3, 0.4) is 0 Å². The largest absolute Gasteiger partial charge is 0.457 e. The number of carbonyl (C=O) groups is 1. The third-order valence-corrected chi connectivity index (χ3v) is 10.9. The monoisotopic (exact) mass is 797 g/mol. The van der Waals surface area contributed by atoms with Gasteiger partial charge < -0.3 is 39.4 Å². The number of hydrogen-bond acceptors (Lipinski definition) is 9. The Hall–Kier alpha value is -1.33. The third kappa shape index (κ3) is 29.8. The second-order valence-electron chi connectivity index (χ2n) is 16.2. The van der Waals surface area contributed by atoms with E-state index in [9.17, 15) is 25.2 Å². The van der Waals surface area contributed by atoms with Crippen LogP contribution in [0.1, 0.15) is 206 Å². The maximum Gasteiger partial charge on any atom is 0.306 e. The summed E-state index contributed by atoms with van der Waals surface area (Å²) in [6.07, 6.45) is 37.9. The van der Waals surface area contributed by atoms with Crippen LogP contribution < -0.4 is 0 Å². The van der Waals surface area contributed by atoms with E-state index >= 15 is 0 Å². The molecule has 0 aromatic carbocycles. The molecule has 1 aliphatic rings. The highest BCUT2D eigenvalue weighted by Crippen LogP contribution is 2.23. The molecule has 9 nitrogen and oxygen atoms in total. The molecule has 330 valence electrons. The van der Waals surface area contributed by atoms with E-state index in [0.29, 0.717) is 13.0 Å². The number of aliphatic hydroxyl groups excluding tert-OH is 4. The van der Waals surface area contributed by atoms with Crippen LogP contribution in [0.5, 0.6) is 0 Å². The molecule has 0 aromatic rings. The van der Waals surface area contributed by atoms with Crippen molar-refractivity contribution in [3.63, 3.8) is 0 Å². The molecular formula is C47H88O9. The Morgan fingerprint density at radius 2 is 1.04 bits per heavy atom. The molecule has 6 unspecified atom stereocenters. The van der Waals surface area contributed by atoms with Gasteiger partial charge in [-0.15, -0.1) is 0 Å². The standard InChI is InChI=1S/C47H88O9/c1-3-5-7-9-11-13-14-15-16-17-18-19-20-21-22-23-24-25-26-27-28-29-30-32-34-36-43(49)55-41(39-53-37-35-33-31-12-10-8-6-4-2)40-54-47-46(52)45(51)44(50)42(38-48)56-47/h14-15,17-18,41-42,44-48,50-52H,3-13,16,19-40H2,1-2H3/b15-14-,18-17-. The van der Waals surface area contributed by atoms with Crippen LogP contribution in [-0.2, 0) is 23.7 Å². The number of allylic oxidation sites excluding steroid dienone is 4. The second-order valence-corrected chi connectivity index (χ2v) is 16.2. The predicted octanol–water partition coefficient (Wildman–Crippen LogP) is 10.6. The van der Waals surface area contributed by atoms with Gasteiger partial charge in [-0.2, -0.15) is 0 Å². The lowest BCUT2D eigenvalue weighted by atomic mass is 9.99. The van der Waals surface area contributed by atoms with Gasteiger partial charge in [0, 0.05) is 13.0 Å². The van der Waals surface area contributed by atoms with Crippen molar-refractivity contribution < 1.29 is 44.2 Å². The highest BCUT2D eigenvalue weighted by Gasteiger charge is 2.44. The lowest BCUT2D eigenvalue weighted by Gasteiger charge is -2.39. The Kier molecular flexibility index (Phi) is 36.8. The number of ether oxygens (including phenoxy) is 4. The Labute approximate surface area is 343 Å². The first-order chi connectivity index (χ1) is 27.4. The minimum Gasteiger partial charge on any atom is -0.457 e. The van der Waals surface area contributed by atoms with E-state index in [1.54, 1.807) is 0 Å². The lowest BCUT2D eigenvalue weighted by molar-refractivity contribution is -0.305. The quantitative estimate of drug-likeness (QED) is 0.0271. The van der Waals surface area contributed by atoms with Gasteiger partial charge in [0.15, 0.2) is 6.29 Å². The maximum atomic E-state index is 12.7. The summed E-state index contributed by atoms with van der Waals surface area (Å²) in [4.78, 5) is 12.7. The number of hydrogen-bond donors (Lipinski definition) is 4. The second kappa shape index (κ2) is 39.1. The van der Waals surface area contributed by atoms with Crippen molar-refractivity contribution in [1.82, 2.24) is 0 Å². The fraction of sp³-hybridized carbons (Fsp3) is 0.894. The van der Waals surface area contributed by atoms with Crippen molar-refractivity contribution in [2.24, 2.45) is 0 Å². The van der Waals surface area contributed by atoms with Crippen molar-refractivity contribution >= 4 is 5.97 Å². The SMILES string of the molecule is CCCCCCC/C=C\C/C=C\CCCCCCCCCCCCCCCC(=O)OC(COCCCCCCCCCC)COC1OC(CO)C(O)C(O)C1O. The molecule has 1 aliphatic heterocycles. The molecule has 6 atom stereocenters. The smallest absolute Gasteiger partial charge is 0.306 e. The van der Waals surface area contributed by atoms with Gasteiger partial charge in [-0.25, -0.2) is 0 Å². The van der Waals surface area contributed by atoms with Gasteiger partial charge in [0.1, 0.15) is 30.5 Å². The summed E-state index contributed by atoms with van der Waals surface area (Å²) in [6.45, 7) is 4.54. The predicted molar refractivity (Wildman–Crippen MR) is 229 cm³/mol. The van der Waals surface area contributed by atoms with Crippen LogP contribution in [0, 0.1) is 0 Å². The fourth-order valence-electron chi connectivity index (χ4n) is 7.17. The fourth-order valence-corrected chi connectivity index (χ4v) is 7.17. The molecule has 4 N–H and O–H groups in total. The average Bonchev–Trinajstić information content (AvgIpc) is 3.20. The molecule has 1 saturated heterocycles. The zero-order valence-corrected chi connectivity index (χ0v) is 36.1. The van der Waals surface area contributed by atoms with Crippen LogP contribution >= 0.6 is 0 Å². The van der Waals surface area contributed by atoms with Crippen molar-refractivity contribution in [1.29, 1.82) is 0 Å². The van der Waals surface area contributed by atoms with Crippen molar-refractivity contribution in [2.75, 3.05) is 26.4 Å². The number of aliphatic hydroxyl groups is 4. The van der Waals surface area contributed by atoms with E-state index in [2.05, 4.69) is 38.2 Å². The van der Waals surface area contributed by atoms with Gasteiger partial charge in [-0.1, -0.05) is 179 Å². The van der Waals surface area contributed by atoms with E-state index in [0.717, 1.165) is 38.5 Å². The van der Waals surface area contributed by atoms with Crippen LogP contribution in [0.25, 0.3) is 0 Å². The first-order valence-corrected chi connectivity index (χ1v) is 23.4. The number of rotatable bonds is 40. The molecule has 1 rings (SSSR count). The first kappa shape index (κ1) is 52.7. The molecule has 0 aliphatic carbocycles. The molecule has 0 radical (unpaired) electrons. The topological polar surface area (TPSA) is 135 Å². The molecular weight excluding hydrogens is 709 g/mol. The van der Waals surface area contributed by atoms with E-state index in [1.165, 1.54) is 148 Å². The van der Waals surface area contributed by atoms with Gasteiger partial charge in [-0.05, 0) is 44.9 Å². The van der Waals surface area contributed by atoms with Gasteiger partial charge in [0.2, 0.25) is 0 Å². The minimum absolute atomic E-state index is 0.110. The molecule has 0 saturated carbocycles. The summed E-state index contributed by atoms with van der Waals surface area (Å²) in [5.41, 5.74) is 0. The summed E-state index contributed by atoms with van der Waals surface area (Å²) >= 11 is 0. The summed E-state index contributed by atoms with van der Waals surface area (Å²) in [5.74, 6) is -0.314. The normalized spacial score (nSPS) is 20.7. The molecule has 1 heterocycles. The highest BCUT2D eigenvalue weighted by molar-refractivity contribution is 5.69. The Balaban J connectivity index is 2.13.